The predicted octanol–water partition coefficient (Wildman–Crippen LogP) is 3.03. The molecule has 0 saturated carbocycles. The van der Waals surface area contributed by atoms with Crippen LogP contribution in [0.2, 0.25) is 0 Å². The molecular formula is C18H16N2O5. The van der Waals surface area contributed by atoms with Crippen LogP contribution in [0.25, 0.3) is 10.8 Å². The summed E-state index contributed by atoms with van der Waals surface area (Å²) in [5.41, 5.74) is -0.00405. The number of aromatic hydroxyl groups is 1. The number of phenolic OH excluding ortho intramolecular Hbond substituents is 1. The molecule has 0 aliphatic carbocycles. The summed E-state index contributed by atoms with van der Waals surface area (Å²) < 4.78 is 9.98. The number of carbonyl (C=O) groups excluding carboxylic acids is 2. The van der Waals surface area contributed by atoms with E-state index in [1.165, 1.54) is 13.0 Å². The van der Waals surface area contributed by atoms with Gasteiger partial charge in [-0.25, -0.2) is 4.79 Å². The van der Waals surface area contributed by atoms with Crippen LogP contribution in [0.4, 0.5) is 5.82 Å². The van der Waals surface area contributed by atoms with Gasteiger partial charge in [0.15, 0.2) is 11.9 Å². The monoisotopic (exact) mass is 340 g/mol. The van der Waals surface area contributed by atoms with Gasteiger partial charge < -0.3 is 19.7 Å². The maximum atomic E-state index is 12.3. The van der Waals surface area contributed by atoms with Gasteiger partial charge in [0, 0.05) is 11.5 Å². The second-order valence-corrected chi connectivity index (χ2v) is 5.54. The van der Waals surface area contributed by atoms with E-state index in [1.54, 1.807) is 31.2 Å². The number of hydrogen-bond donors (Lipinski definition) is 2. The molecule has 1 amide bonds. The van der Waals surface area contributed by atoms with Crippen LogP contribution in [-0.2, 0) is 9.53 Å². The van der Waals surface area contributed by atoms with Crippen molar-refractivity contribution < 1.29 is 24.0 Å². The number of amides is 1. The molecule has 3 aromatic rings. The number of hydrogen-bond acceptors (Lipinski definition) is 6. The molecule has 128 valence electrons. The lowest BCUT2D eigenvalue weighted by Crippen LogP contribution is -2.30. The van der Waals surface area contributed by atoms with Crippen molar-refractivity contribution in [3.8, 4) is 5.75 Å². The number of anilines is 1. The molecule has 0 spiro atoms. The molecule has 0 aliphatic heterocycles. The molecule has 0 saturated heterocycles. The van der Waals surface area contributed by atoms with Crippen molar-refractivity contribution in [2.24, 2.45) is 0 Å². The number of nitrogens with zero attached hydrogens (tertiary/aromatic N) is 1. The fraction of sp³-hybridized carbons (Fsp3) is 0.167. The van der Waals surface area contributed by atoms with Gasteiger partial charge in [0.2, 0.25) is 0 Å². The van der Waals surface area contributed by atoms with Gasteiger partial charge in [0.05, 0.1) is 0 Å². The van der Waals surface area contributed by atoms with Gasteiger partial charge in [-0.2, -0.15) is 0 Å². The van der Waals surface area contributed by atoms with E-state index in [1.807, 2.05) is 12.1 Å². The Kier molecular flexibility index (Phi) is 4.38. The quantitative estimate of drug-likeness (QED) is 0.708. The van der Waals surface area contributed by atoms with Gasteiger partial charge in [0.1, 0.15) is 17.1 Å². The van der Waals surface area contributed by atoms with Crippen molar-refractivity contribution in [1.82, 2.24) is 5.16 Å². The largest absolute Gasteiger partial charge is 0.506 e. The molecule has 7 nitrogen and oxygen atoms in total. The fourth-order valence-corrected chi connectivity index (χ4v) is 2.35. The highest BCUT2D eigenvalue weighted by Gasteiger charge is 2.22. The summed E-state index contributed by atoms with van der Waals surface area (Å²) in [7, 11) is 0. The maximum absolute atomic E-state index is 12.3. The van der Waals surface area contributed by atoms with Gasteiger partial charge in [0.25, 0.3) is 5.91 Å². The van der Waals surface area contributed by atoms with Gasteiger partial charge in [-0.1, -0.05) is 35.5 Å². The maximum Gasteiger partial charge on any atom is 0.342 e. The van der Waals surface area contributed by atoms with Crippen molar-refractivity contribution in [2.45, 2.75) is 20.0 Å². The van der Waals surface area contributed by atoms with Crippen LogP contribution >= 0.6 is 0 Å². The second kappa shape index (κ2) is 6.64. The molecule has 0 fully saturated rings. The van der Waals surface area contributed by atoms with E-state index in [-0.39, 0.29) is 17.1 Å². The van der Waals surface area contributed by atoms with E-state index in [0.717, 1.165) is 5.39 Å². The Morgan fingerprint density at radius 1 is 1.24 bits per heavy atom. The van der Waals surface area contributed by atoms with E-state index in [4.69, 9.17) is 9.26 Å². The number of rotatable bonds is 4. The number of benzene rings is 2. The van der Waals surface area contributed by atoms with Crippen molar-refractivity contribution >= 4 is 28.5 Å². The lowest BCUT2D eigenvalue weighted by atomic mass is 10.1. The zero-order valence-corrected chi connectivity index (χ0v) is 13.6. The molecule has 3 rings (SSSR count). The average molecular weight is 340 g/mol. The minimum absolute atomic E-state index is 0.00405. The number of phenols is 1. The summed E-state index contributed by atoms with van der Waals surface area (Å²) in [6.07, 6.45) is -1.07. The Morgan fingerprint density at radius 3 is 2.72 bits per heavy atom. The van der Waals surface area contributed by atoms with Crippen LogP contribution < -0.4 is 5.32 Å². The number of fused-ring (bicyclic) bond motifs is 1. The Balaban J connectivity index is 1.73. The molecule has 7 heteroatoms. The third-order valence-electron chi connectivity index (χ3n) is 3.65. The van der Waals surface area contributed by atoms with Crippen LogP contribution in [0.3, 0.4) is 0 Å². The Bertz CT molecular complexity index is 948. The summed E-state index contributed by atoms with van der Waals surface area (Å²) in [5, 5.41) is 17.7. The summed E-state index contributed by atoms with van der Waals surface area (Å²) in [5.74, 6) is -0.744. The molecule has 2 aromatic carbocycles. The van der Waals surface area contributed by atoms with E-state index >= 15 is 0 Å². The van der Waals surface area contributed by atoms with Crippen molar-refractivity contribution in [2.75, 3.05) is 5.32 Å². The first kappa shape index (κ1) is 16.5. The zero-order chi connectivity index (χ0) is 18.0. The average Bonchev–Trinajstić information content (AvgIpc) is 3.00. The van der Waals surface area contributed by atoms with Crippen LogP contribution in [-0.4, -0.2) is 28.2 Å². The topological polar surface area (TPSA) is 102 Å². The minimum atomic E-state index is -1.07. The van der Waals surface area contributed by atoms with Crippen molar-refractivity contribution in [3.05, 3.63) is 53.8 Å². The minimum Gasteiger partial charge on any atom is -0.506 e. The van der Waals surface area contributed by atoms with Crippen LogP contribution in [0.15, 0.2) is 47.0 Å². The van der Waals surface area contributed by atoms with E-state index in [9.17, 15) is 14.7 Å². The summed E-state index contributed by atoms with van der Waals surface area (Å²) in [4.78, 5) is 24.3. The van der Waals surface area contributed by atoms with Crippen molar-refractivity contribution in [3.63, 3.8) is 0 Å². The van der Waals surface area contributed by atoms with E-state index in [0.29, 0.717) is 11.1 Å². The molecule has 1 atom stereocenters. The van der Waals surface area contributed by atoms with Gasteiger partial charge in [-0.3, -0.25) is 4.79 Å². The highest BCUT2D eigenvalue weighted by atomic mass is 16.5. The lowest BCUT2D eigenvalue weighted by Gasteiger charge is -2.13. The SMILES string of the molecule is Cc1cc(NC(=O)[C@@H](C)OC(=O)c2ccc3ccccc3c2O)no1. The van der Waals surface area contributed by atoms with Gasteiger partial charge in [-0.15, -0.1) is 0 Å². The predicted molar refractivity (Wildman–Crippen MR) is 90.4 cm³/mol. The lowest BCUT2D eigenvalue weighted by molar-refractivity contribution is -0.123. The smallest absolute Gasteiger partial charge is 0.342 e. The number of carbonyl (C=O) groups is 2. The zero-order valence-electron chi connectivity index (χ0n) is 13.6. The first-order valence-corrected chi connectivity index (χ1v) is 7.61. The van der Waals surface area contributed by atoms with Crippen LogP contribution in [0, 0.1) is 6.92 Å². The number of ether oxygens (including phenoxy) is 1. The van der Waals surface area contributed by atoms with Gasteiger partial charge >= 0.3 is 5.97 Å². The molecule has 0 aliphatic rings. The molecule has 25 heavy (non-hydrogen) atoms. The summed E-state index contributed by atoms with van der Waals surface area (Å²) >= 11 is 0. The molecule has 0 unspecified atom stereocenters. The Morgan fingerprint density at radius 2 is 2.00 bits per heavy atom. The van der Waals surface area contributed by atoms with E-state index in [2.05, 4.69) is 10.5 Å². The molecule has 1 heterocycles. The number of aryl methyl sites for hydroxylation is 1. The third kappa shape index (κ3) is 3.45. The number of nitrogens with one attached hydrogen (secondary N) is 1. The Labute approximate surface area is 143 Å². The summed E-state index contributed by atoms with van der Waals surface area (Å²) in [6, 6.07) is 11.8. The molecular weight excluding hydrogens is 324 g/mol. The fourth-order valence-electron chi connectivity index (χ4n) is 2.35. The highest BCUT2D eigenvalue weighted by Crippen LogP contribution is 2.29. The molecule has 2 N–H and O–H groups in total. The third-order valence-corrected chi connectivity index (χ3v) is 3.65. The summed E-state index contributed by atoms with van der Waals surface area (Å²) in [6.45, 7) is 3.12. The Hall–Kier alpha value is -3.35. The normalized spacial score (nSPS) is 11.9. The molecule has 0 radical (unpaired) electrons. The number of aromatic nitrogens is 1. The molecule has 0 bridgehead atoms. The van der Waals surface area contributed by atoms with E-state index < -0.39 is 18.0 Å². The first-order chi connectivity index (χ1) is 12.0. The van der Waals surface area contributed by atoms with Crippen molar-refractivity contribution in [1.29, 1.82) is 0 Å². The second-order valence-electron chi connectivity index (χ2n) is 5.54. The molecule has 1 aromatic heterocycles. The van der Waals surface area contributed by atoms with Crippen LogP contribution in [0.5, 0.6) is 5.75 Å². The van der Waals surface area contributed by atoms with Gasteiger partial charge in [-0.05, 0) is 25.3 Å². The number of esters is 1. The van der Waals surface area contributed by atoms with Crippen LogP contribution in [0.1, 0.15) is 23.0 Å². The first-order valence-electron chi connectivity index (χ1n) is 7.61. The standard InChI is InChI=1S/C18H16N2O5/c1-10-9-15(20-25-10)19-17(22)11(2)24-18(23)14-8-7-12-5-3-4-6-13(12)16(14)21/h3-9,11,21H,1-2H3,(H,19,20,22)/t11-/m1/s1. The highest BCUT2D eigenvalue weighted by molar-refractivity contribution is 6.02.